The molecule has 1 rings (SSSR count). The highest BCUT2D eigenvalue weighted by Gasteiger charge is 2.12. The zero-order valence-corrected chi connectivity index (χ0v) is 9.79. The average molecular weight is 261 g/mol. The van der Waals surface area contributed by atoms with Crippen molar-refractivity contribution in [1.29, 1.82) is 0 Å². The molecule has 2 nitrogen and oxygen atoms in total. The van der Waals surface area contributed by atoms with E-state index in [1.807, 2.05) is 13.0 Å². The van der Waals surface area contributed by atoms with E-state index >= 15 is 0 Å². The summed E-state index contributed by atoms with van der Waals surface area (Å²) in [4.78, 5) is 13.1. The van der Waals surface area contributed by atoms with Crippen molar-refractivity contribution in [2.45, 2.75) is 6.92 Å². The standard InChI is InChI=1S/C9H9BrO2S/c1-5(9(11)12-3)8-4-7(10)6(2)13-8/h4H,1H2,2-3H3. The van der Waals surface area contributed by atoms with Gasteiger partial charge in [0.05, 0.1) is 12.7 Å². The molecule has 0 bridgehead atoms. The van der Waals surface area contributed by atoms with E-state index in [-0.39, 0.29) is 5.97 Å². The van der Waals surface area contributed by atoms with Crippen LogP contribution in [-0.4, -0.2) is 13.1 Å². The van der Waals surface area contributed by atoms with Gasteiger partial charge in [-0.1, -0.05) is 6.58 Å². The third kappa shape index (κ3) is 2.19. The highest BCUT2D eigenvalue weighted by atomic mass is 79.9. The number of aryl methyl sites for hydroxylation is 1. The Morgan fingerprint density at radius 1 is 1.69 bits per heavy atom. The lowest BCUT2D eigenvalue weighted by Gasteiger charge is -1.98. The molecule has 0 saturated heterocycles. The van der Waals surface area contributed by atoms with Gasteiger partial charge < -0.3 is 4.74 Å². The molecule has 0 atom stereocenters. The summed E-state index contributed by atoms with van der Waals surface area (Å²) >= 11 is 4.89. The highest BCUT2D eigenvalue weighted by Crippen LogP contribution is 2.30. The quantitative estimate of drug-likeness (QED) is 0.604. The molecule has 0 radical (unpaired) electrons. The van der Waals surface area contributed by atoms with E-state index in [9.17, 15) is 4.79 Å². The summed E-state index contributed by atoms with van der Waals surface area (Å²) in [5.41, 5.74) is 0.404. The second-order valence-electron chi connectivity index (χ2n) is 2.48. The predicted octanol–water partition coefficient (Wildman–Crippen LogP) is 3.01. The van der Waals surface area contributed by atoms with Crippen molar-refractivity contribution in [3.8, 4) is 0 Å². The maximum atomic E-state index is 11.1. The van der Waals surface area contributed by atoms with Crippen LogP contribution < -0.4 is 0 Å². The van der Waals surface area contributed by atoms with Crippen LogP contribution in [0.2, 0.25) is 0 Å². The van der Waals surface area contributed by atoms with Crippen LogP contribution in [0.1, 0.15) is 9.75 Å². The molecule has 1 heterocycles. The molecule has 0 aromatic carbocycles. The molecule has 0 N–H and O–H groups in total. The van der Waals surface area contributed by atoms with E-state index in [0.29, 0.717) is 5.57 Å². The molecule has 0 saturated carbocycles. The minimum atomic E-state index is -0.381. The molecule has 0 fully saturated rings. The number of hydrogen-bond acceptors (Lipinski definition) is 3. The van der Waals surface area contributed by atoms with Gasteiger partial charge in [0.25, 0.3) is 0 Å². The van der Waals surface area contributed by atoms with Crippen LogP contribution in [0.4, 0.5) is 0 Å². The molecule has 0 amide bonds. The van der Waals surface area contributed by atoms with E-state index in [2.05, 4.69) is 27.2 Å². The number of halogens is 1. The fourth-order valence-electron chi connectivity index (χ4n) is 0.832. The largest absolute Gasteiger partial charge is 0.465 e. The van der Waals surface area contributed by atoms with Crippen LogP contribution in [0, 0.1) is 6.92 Å². The Morgan fingerprint density at radius 3 is 2.69 bits per heavy atom. The molecule has 0 aliphatic rings. The monoisotopic (exact) mass is 260 g/mol. The fraction of sp³-hybridized carbons (Fsp3) is 0.222. The van der Waals surface area contributed by atoms with Crippen molar-refractivity contribution >= 4 is 38.8 Å². The minimum absolute atomic E-state index is 0.381. The Balaban J connectivity index is 2.96. The third-order valence-electron chi connectivity index (χ3n) is 1.59. The van der Waals surface area contributed by atoms with Crippen molar-refractivity contribution in [2.24, 2.45) is 0 Å². The van der Waals surface area contributed by atoms with Crippen molar-refractivity contribution in [3.05, 3.63) is 26.9 Å². The second-order valence-corrected chi connectivity index (χ2v) is 4.60. The summed E-state index contributed by atoms with van der Waals surface area (Å²) in [6, 6.07) is 1.87. The topological polar surface area (TPSA) is 26.3 Å². The van der Waals surface area contributed by atoms with Crippen LogP contribution in [0.5, 0.6) is 0 Å². The first-order valence-electron chi connectivity index (χ1n) is 3.59. The molecule has 13 heavy (non-hydrogen) atoms. The van der Waals surface area contributed by atoms with Crippen molar-refractivity contribution < 1.29 is 9.53 Å². The summed E-state index contributed by atoms with van der Waals surface area (Å²) in [7, 11) is 1.35. The number of thiophene rings is 1. The Morgan fingerprint density at radius 2 is 2.31 bits per heavy atom. The number of carbonyl (C=O) groups excluding carboxylic acids is 1. The van der Waals surface area contributed by atoms with Crippen molar-refractivity contribution in [2.75, 3.05) is 7.11 Å². The third-order valence-corrected chi connectivity index (χ3v) is 3.78. The normalized spacial score (nSPS) is 9.77. The molecule has 0 aliphatic heterocycles. The van der Waals surface area contributed by atoms with Crippen LogP contribution in [-0.2, 0) is 9.53 Å². The van der Waals surface area contributed by atoms with E-state index in [1.165, 1.54) is 18.4 Å². The van der Waals surface area contributed by atoms with Crippen molar-refractivity contribution in [1.82, 2.24) is 0 Å². The maximum Gasteiger partial charge on any atom is 0.338 e. The number of methoxy groups -OCH3 is 1. The lowest BCUT2D eigenvalue weighted by molar-refractivity contribution is -0.133. The van der Waals surface area contributed by atoms with Crippen LogP contribution in [0.25, 0.3) is 5.57 Å². The van der Waals surface area contributed by atoms with Crippen LogP contribution in [0.15, 0.2) is 17.1 Å². The average Bonchev–Trinajstić information content (AvgIpc) is 2.44. The van der Waals surface area contributed by atoms with Gasteiger partial charge in [0, 0.05) is 14.2 Å². The summed E-state index contributed by atoms with van der Waals surface area (Å²) < 4.78 is 5.57. The minimum Gasteiger partial charge on any atom is -0.465 e. The second kappa shape index (κ2) is 4.07. The summed E-state index contributed by atoms with van der Waals surface area (Å²) in [5.74, 6) is -0.381. The Hall–Kier alpha value is -0.610. The maximum absolute atomic E-state index is 11.1. The lowest BCUT2D eigenvalue weighted by atomic mass is 10.2. The summed E-state index contributed by atoms with van der Waals surface area (Å²) in [6.45, 7) is 5.64. The summed E-state index contributed by atoms with van der Waals surface area (Å²) in [6.07, 6.45) is 0. The number of hydrogen-bond donors (Lipinski definition) is 0. The van der Waals surface area contributed by atoms with Gasteiger partial charge >= 0.3 is 5.97 Å². The number of rotatable bonds is 2. The Bertz CT molecular complexity index is 335. The first kappa shape index (κ1) is 10.5. The first-order chi connectivity index (χ1) is 6.06. The molecule has 0 spiro atoms. The van der Waals surface area contributed by atoms with Gasteiger partial charge in [0.2, 0.25) is 0 Å². The molecular formula is C9H9BrO2S. The van der Waals surface area contributed by atoms with Gasteiger partial charge in [-0.25, -0.2) is 4.79 Å². The molecule has 0 unspecified atom stereocenters. The number of esters is 1. The zero-order chi connectivity index (χ0) is 10.0. The predicted molar refractivity (Wildman–Crippen MR) is 57.8 cm³/mol. The van der Waals surface area contributed by atoms with Crippen molar-refractivity contribution in [3.63, 3.8) is 0 Å². The van der Waals surface area contributed by atoms with Gasteiger partial charge in [0.1, 0.15) is 0 Å². The molecule has 0 aliphatic carbocycles. The SMILES string of the molecule is C=C(C(=O)OC)c1cc(Br)c(C)s1. The van der Waals surface area contributed by atoms with Crippen LogP contribution in [0.3, 0.4) is 0 Å². The summed E-state index contributed by atoms with van der Waals surface area (Å²) in [5, 5.41) is 0. The van der Waals surface area contributed by atoms with Gasteiger partial charge in [-0.2, -0.15) is 0 Å². The fourth-order valence-corrected chi connectivity index (χ4v) is 2.33. The first-order valence-corrected chi connectivity index (χ1v) is 5.20. The molecule has 70 valence electrons. The van der Waals surface area contributed by atoms with E-state index in [1.54, 1.807) is 0 Å². The number of carbonyl (C=O) groups is 1. The highest BCUT2D eigenvalue weighted by molar-refractivity contribution is 9.10. The lowest BCUT2D eigenvalue weighted by Crippen LogP contribution is -2.00. The van der Waals surface area contributed by atoms with E-state index in [0.717, 1.165) is 14.2 Å². The van der Waals surface area contributed by atoms with Gasteiger partial charge in [-0.05, 0) is 28.9 Å². The Kier molecular flexibility index (Phi) is 3.27. The van der Waals surface area contributed by atoms with E-state index in [4.69, 9.17) is 0 Å². The molecule has 1 aromatic heterocycles. The molecular weight excluding hydrogens is 252 g/mol. The van der Waals surface area contributed by atoms with Gasteiger partial charge in [-0.15, -0.1) is 11.3 Å². The Labute approximate surface area is 89.3 Å². The molecule has 1 aromatic rings. The van der Waals surface area contributed by atoms with E-state index < -0.39 is 0 Å². The smallest absolute Gasteiger partial charge is 0.338 e. The van der Waals surface area contributed by atoms with Gasteiger partial charge in [0.15, 0.2) is 0 Å². The van der Waals surface area contributed by atoms with Crippen LogP contribution >= 0.6 is 27.3 Å². The molecule has 4 heteroatoms. The van der Waals surface area contributed by atoms with Gasteiger partial charge in [-0.3, -0.25) is 0 Å². The number of ether oxygens (including phenoxy) is 1. The zero-order valence-electron chi connectivity index (χ0n) is 7.39.